The molecule has 11 heteroatoms. The van der Waals surface area contributed by atoms with Crippen LogP contribution < -0.4 is 16.4 Å². The van der Waals surface area contributed by atoms with Gasteiger partial charge in [0.05, 0.1) is 18.3 Å². The van der Waals surface area contributed by atoms with E-state index in [0.29, 0.717) is 5.56 Å². The van der Waals surface area contributed by atoms with Gasteiger partial charge in [0.15, 0.2) is 0 Å². The monoisotopic (exact) mass is 441 g/mol. The minimum Gasteiger partial charge on any atom is -0.508 e. The number of aliphatic hydroxyl groups excluding tert-OH is 2. The van der Waals surface area contributed by atoms with E-state index in [0.717, 1.165) is 0 Å². The van der Waals surface area contributed by atoms with Crippen LogP contribution in [0.5, 0.6) is 5.75 Å². The van der Waals surface area contributed by atoms with E-state index in [1.807, 2.05) is 0 Å². The van der Waals surface area contributed by atoms with Gasteiger partial charge in [-0.15, -0.1) is 0 Å². The zero-order valence-electron chi connectivity index (χ0n) is 16.9. The molecular formula is C21H23N5O6. The van der Waals surface area contributed by atoms with Gasteiger partial charge < -0.3 is 31.7 Å². The summed E-state index contributed by atoms with van der Waals surface area (Å²) in [5.74, 6) is -2.02. The topological polar surface area (TPSA) is 188 Å². The van der Waals surface area contributed by atoms with E-state index in [1.165, 1.54) is 36.8 Å². The number of rotatable bonds is 7. The lowest BCUT2D eigenvalue weighted by Gasteiger charge is -2.31. The maximum atomic E-state index is 12.8. The first-order valence-corrected chi connectivity index (χ1v) is 9.76. The lowest BCUT2D eigenvalue weighted by Crippen LogP contribution is -2.52. The van der Waals surface area contributed by atoms with E-state index in [4.69, 9.17) is 5.73 Å². The fourth-order valence-electron chi connectivity index (χ4n) is 3.25. The molecule has 1 aromatic carbocycles. The standard InChI is InChI=1S/C21H23N5O6/c22-19(30)15(7-11-1-3-13(27)4-2-11)26-20(31)12-8-14(18(29)17(28)9-12)25-21(32)16-10-23-5-6-24-16/h1-6,8,10,14-15,17-18,27-29H,7,9H2,(H2,22,30)(H,25,32)(H,26,31)/t14-,15+,17-,18-/m1/s1. The van der Waals surface area contributed by atoms with Crippen molar-refractivity contribution in [1.82, 2.24) is 20.6 Å². The third-order valence-electron chi connectivity index (χ3n) is 4.98. The van der Waals surface area contributed by atoms with Crippen LogP contribution in [-0.4, -0.2) is 67.3 Å². The van der Waals surface area contributed by atoms with Crippen LogP contribution in [0.1, 0.15) is 22.5 Å². The predicted octanol–water partition coefficient (Wildman–Crippen LogP) is -1.45. The number of carbonyl (C=O) groups is 3. The molecule has 168 valence electrons. The highest BCUT2D eigenvalue weighted by Gasteiger charge is 2.34. The van der Waals surface area contributed by atoms with Crippen LogP contribution in [0, 0.1) is 0 Å². The first kappa shape index (κ1) is 22.8. The van der Waals surface area contributed by atoms with Crippen LogP contribution in [0.15, 0.2) is 54.5 Å². The maximum Gasteiger partial charge on any atom is 0.272 e. The Morgan fingerprint density at radius 3 is 2.47 bits per heavy atom. The number of hydrogen-bond donors (Lipinski definition) is 6. The fourth-order valence-corrected chi connectivity index (χ4v) is 3.25. The summed E-state index contributed by atoms with van der Waals surface area (Å²) in [6.07, 6.45) is 2.51. The van der Waals surface area contributed by atoms with Crippen LogP contribution in [0.4, 0.5) is 0 Å². The molecule has 11 nitrogen and oxygen atoms in total. The van der Waals surface area contributed by atoms with Crippen LogP contribution in [-0.2, 0) is 16.0 Å². The normalized spacial score (nSPS) is 21.2. The molecule has 1 aliphatic carbocycles. The smallest absolute Gasteiger partial charge is 0.272 e. The molecule has 0 saturated heterocycles. The minimum atomic E-state index is -1.35. The number of hydrogen-bond acceptors (Lipinski definition) is 8. The van der Waals surface area contributed by atoms with E-state index in [2.05, 4.69) is 20.6 Å². The van der Waals surface area contributed by atoms with Gasteiger partial charge in [-0.2, -0.15) is 0 Å². The molecule has 0 fully saturated rings. The lowest BCUT2D eigenvalue weighted by molar-refractivity contribution is -0.125. The Bertz CT molecular complexity index is 1010. The van der Waals surface area contributed by atoms with Crippen LogP contribution >= 0.6 is 0 Å². The van der Waals surface area contributed by atoms with Crippen molar-refractivity contribution in [1.29, 1.82) is 0 Å². The summed E-state index contributed by atoms with van der Waals surface area (Å²) >= 11 is 0. The molecule has 32 heavy (non-hydrogen) atoms. The molecule has 1 aliphatic rings. The summed E-state index contributed by atoms with van der Waals surface area (Å²) in [6, 6.07) is 3.95. The molecule has 3 rings (SSSR count). The number of phenolic OH excluding ortho intramolecular Hbond substituents is 1. The summed E-state index contributed by atoms with van der Waals surface area (Å²) in [6.45, 7) is 0. The minimum absolute atomic E-state index is 0.00172. The summed E-state index contributed by atoms with van der Waals surface area (Å²) in [5.41, 5.74) is 6.15. The van der Waals surface area contributed by atoms with Gasteiger partial charge in [-0.05, 0) is 17.7 Å². The molecule has 0 aliphatic heterocycles. The maximum absolute atomic E-state index is 12.8. The van der Waals surface area contributed by atoms with E-state index in [1.54, 1.807) is 12.1 Å². The summed E-state index contributed by atoms with van der Waals surface area (Å²) in [5, 5.41) is 34.8. The Hall–Kier alpha value is -3.83. The summed E-state index contributed by atoms with van der Waals surface area (Å²) < 4.78 is 0. The van der Waals surface area contributed by atoms with Gasteiger partial charge in [-0.1, -0.05) is 18.2 Å². The second kappa shape index (κ2) is 9.98. The highest BCUT2D eigenvalue weighted by Crippen LogP contribution is 2.21. The van der Waals surface area contributed by atoms with Crippen molar-refractivity contribution in [2.75, 3.05) is 0 Å². The third kappa shape index (κ3) is 5.65. The van der Waals surface area contributed by atoms with Crippen molar-refractivity contribution in [3.63, 3.8) is 0 Å². The molecule has 2 aromatic rings. The van der Waals surface area contributed by atoms with Gasteiger partial charge >= 0.3 is 0 Å². The Morgan fingerprint density at radius 2 is 1.84 bits per heavy atom. The van der Waals surface area contributed by atoms with Gasteiger partial charge in [0.25, 0.3) is 5.91 Å². The molecule has 7 N–H and O–H groups in total. The van der Waals surface area contributed by atoms with Crippen LogP contribution in [0.3, 0.4) is 0 Å². The van der Waals surface area contributed by atoms with Crippen molar-refractivity contribution in [3.8, 4) is 5.75 Å². The molecule has 0 unspecified atom stereocenters. The van der Waals surface area contributed by atoms with Crippen molar-refractivity contribution in [2.24, 2.45) is 5.73 Å². The molecule has 0 radical (unpaired) electrons. The van der Waals surface area contributed by atoms with E-state index in [9.17, 15) is 29.7 Å². The number of aromatic nitrogens is 2. The third-order valence-corrected chi connectivity index (χ3v) is 4.98. The van der Waals surface area contributed by atoms with Crippen molar-refractivity contribution in [2.45, 2.75) is 37.1 Å². The van der Waals surface area contributed by atoms with Crippen LogP contribution in [0.25, 0.3) is 0 Å². The molecule has 0 bridgehead atoms. The van der Waals surface area contributed by atoms with E-state index < -0.39 is 42.0 Å². The fraction of sp³-hybridized carbons (Fsp3) is 0.286. The molecule has 0 spiro atoms. The first-order chi connectivity index (χ1) is 15.2. The molecule has 0 saturated carbocycles. The number of primary amides is 1. The number of benzene rings is 1. The average molecular weight is 441 g/mol. The van der Waals surface area contributed by atoms with Crippen molar-refractivity contribution >= 4 is 17.7 Å². The number of phenols is 1. The SMILES string of the molecule is NC(=O)[C@H](Cc1ccc(O)cc1)NC(=O)C1=C[C@@H](NC(=O)c2cnccn2)[C@@H](O)[C@H](O)C1. The molecule has 1 heterocycles. The van der Waals surface area contributed by atoms with Gasteiger partial charge in [0, 0.05) is 30.8 Å². The highest BCUT2D eigenvalue weighted by atomic mass is 16.3. The second-order valence-corrected chi connectivity index (χ2v) is 7.34. The number of nitrogens with one attached hydrogen (secondary N) is 2. The molecular weight excluding hydrogens is 418 g/mol. The van der Waals surface area contributed by atoms with Gasteiger partial charge in [-0.3, -0.25) is 19.4 Å². The van der Waals surface area contributed by atoms with E-state index in [-0.39, 0.29) is 29.9 Å². The van der Waals surface area contributed by atoms with Gasteiger partial charge in [-0.25, -0.2) is 4.98 Å². The Labute approximate surface area is 183 Å². The lowest BCUT2D eigenvalue weighted by atomic mass is 9.89. The Morgan fingerprint density at radius 1 is 1.12 bits per heavy atom. The first-order valence-electron chi connectivity index (χ1n) is 9.76. The van der Waals surface area contributed by atoms with Crippen LogP contribution in [0.2, 0.25) is 0 Å². The molecule has 1 aromatic heterocycles. The molecule has 3 amide bonds. The largest absolute Gasteiger partial charge is 0.508 e. The number of aromatic hydroxyl groups is 1. The number of nitrogens with zero attached hydrogens (tertiary/aromatic N) is 2. The van der Waals surface area contributed by atoms with Gasteiger partial charge in [0.2, 0.25) is 11.8 Å². The Balaban J connectivity index is 1.72. The van der Waals surface area contributed by atoms with Crippen molar-refractivity contribution in [3.05, 3.63) is 65.8 Å². The Kier molecular flexibility index (Phi) is 7.13. The predicted molar refractivity (Wildman–Crippen MR) is 111 cm³/mol. The average Bonchev–Trinajstić information content (AvgIpc) is 2.78. The van der Waals surface area contributed by atoms with E-state index >= 15 is 0 Å². The zero-order chi connectivity index (χ0) is 23.3. The zero-order valence-corrected chi connectivity index (χ0v) is 16.9. The number of nitrogens with two attached hydrogens (primary N) is 1. The van der Waals surface area contributed by atoms with Gasteiger partial charge in [0.1, 0.15) is 23.6 Å². The second-order valence-electron chi connectivity index (χ2n) is 7.34. The number of carbonyl (C=O) groups excluding carboxylic acids is 3. The summed E-state index contributed by atoms with van der Waals surface area (Å²) in [4.78, 5) is 44.6. The number of aliphatic hydroxyl groups is 2. The summed E-state index contributed by atoms with van der Waals surface area (Å²) in [7, 11) is 0. The highest BCUT2D eigenvalue weighted by molar-refractivity contribution is 5.97. The van der Waals surface area contributed by atoms with Crippen molar-refractivity contribution < 1.29 is 29.7 Å². The quantitative estimate of drug-likeness (QED) is 0.301. The molecule has 4 atom stereocenters. The number of amides is 3.